The Hall–Kier alpha value is -2.56. The van der Waals surface area contributed by atoms with Gasteiger partial charge in [-0.15, -0.1) is 0 Å². The Morgan fingerprint density at radius 2 is 1.81 bits per heavy atom. The lowest BCUT2D eigenvalue weighted by atomic mass is 10.2. The zero-order chi connectivity index (χ0) is 15.2. The van der Waals surface area contributed by atoms with Crippen molar-refractivity contribution in [3.63, 3.8) is 0 Å². The SMILES string of the molecule is CCOc1cccc(Nc2cc(OC)ccc2OC)c1N. The van der Waals surface area contributed by atoms with Crippen molar-refractivity contribution in [1.29, 1.82) is 0 Å². The van der Waals surface area contributed by atoms with E-state index in [1.54, 1.807) is 14.2 Å². The fourth-order valence-electron chi connectivity index (χ4n) is 1.99. The molecule has 0 fully saturated rings. The van der Waals surface area contributed by atoms with Crippen LogP contribution in [0.25, 0.3) is 0 Å². The molecule has 0 atom stereocenters. The second kappa shape index (κ2) is 6.74. The number of hydrogen-bond acceptors (Lipinski definition) is 5. The Morgan fingerprint density at radius 1 is 1.00 bits per heavy atom. The van der Waals surface area contributed by atoms with E-state index in [-0.39, 0.29) is 0 Å². The number of anilines is 3. The van der Waals surface area contributed by atoms with Gasteiger partial charge in [-0.2, -0.15) is 0 Å². The standard InChI is InChI=1S/C16H20N2O3/c1-4-21-15-7-5-6-12(16(15)17)18-13-10-11(19-2)8-9-14(13)20-3/h5-10,18H,4,17H2,1-3H3. The van der Waals surface area contributed by atoms with E-state index < -0.39 is 0 Å². The van der Waals surface area contributed by atoms with Crippen LogP contribution in [0.15, 0.2) is 36.4 Å². The van der Waals surface area contributed by atoms with Gasteiger partial charge in [0.25, 0.3) is 0 Å². The number of rotatable bonds is 6. The molecule has 0 radical (unpaired) electrons. The van der Waals surface area contributed by atoms with E-state index in [1.807, 2.05) is 43.3 Å². The molecule has 0 saturated heterocycles. The van der Waals surface area contributed by atoms with Gasteiger partial charge in [-0.1, -0.05) is 6.07 Å². The number of methoxy groups -OCH3 is 2. The molecule has 0 aliphatic carbocycles. The Kier molecular flexibility index (Phi) is 4.77. The van der Waals surface area contributed by atoms with Gasteiger partial charge < -0.3 is 25.3 Å². The maximum Gasteiger partial charge on any atom is 0.144 e. The third kappa shape index (κ3) is 3.31. The predicted molar refractivity (Wildman–Crippen MR) is 84.9 cm³/mol. The molecule has 112 valence electrons. The highest BCUT2D eigenvalue weighted by Gasteiger charge is 2.10. The predicted octanol–water partition coefficient (Wildman–Crippen LogP) is 3.43. The molecule has 0 aliphatic rings. The van der Waals surface area contributed by atoms with E-state index in [4.69, 9.17) is 19.9 Å². The molecule has 21 heavy (non-hydrogen) atoms. The van der Waals surface area contributed by atoms with Crippen molar-refractivity contribution in [1.82, 2.24) is 0 Å². The van der Waals surface area contributed by atoms with E-state index in [0.29, 0.717) is 23.8 Å². The first-order chi connectivity index (χ1) is 10.2. The van der Waals surface area contributed by atoms with Crippen LogP contribution in [0.1, 0.15) is 6.92 Å². The minimum absolute atomic E-state index is 0.559. The highest BCUT2D eigenvalue weighted by atomic mass is 16.5. The first kappa shape index (κ1) is 14.8. The third-order valence-corrected chi connectivity index (χ3v) is 3.04. The minimum atomic E-state index is 0.559. The van der Waals surface area contributed by atoms with Gasteiger partial charge in [0, 0.05) is 6.07 Å². The van der Waals surface area contributed by atoms with Crippen molar-refractivity contribution in [3.8, 4) is 17.2 Å². The molecule has 0 aromatic heterocycles. The average Bonchev–Trinajstić information content (AvgIpc) is 2.51. The van der Waals surface area contributed by atoms with Gasteiger partial charge in [-0.25, -0.2) is 0 Å². The van der Waals surface area contributed by atoms with Gasteiger partial charge in [0.15, 0.2) is 0 Å². The van der Waals surface area contributed by atoms with Crippen LogP contribution in [0.4, 0.5) is 17.1 Å². The Balaban J connectivity index is 2.35. The van der Waals surface area contributed by atoms with Crippen molar-refractivity contribution in [2.24, 2.45) is 0 Å². The fourth-order valence-corrected chi connectivity index (χ4v) is 1.99. The summed E-state index contributed by atoms with van der Waals surface area (Å²) in [5, 5.41) is 3.26. The van der Waals surface area contributed by atoms with Gasteiger partial charge >= 0.3 is 0 Å². The molecule has 0 unspecified atom stereocenters. The van der Waals surface area contributed by atoms with Crippen LogP contribution in [0.5, 0.6) is 17.2 Å². The van der Waals surface area contributed by atoms with Crippen molar-refractivity contribution in [2.75, 3.05) is 31.9 Å². The zero-order valence-electron chi connectivity index (χ0n) is 12.5. The second-order valence-electron chi connectivity index (χ2n) is 4.34. The number of nitrogens with two attached hydrogens (primary N) is 1. The summed E-state index contributed by atoms with van der Waals surface area (Å²) in [5.41, 5.74) is 8.21. The molecule has 0 aliphatic heterocycles. The highest BCUT2D eigenvalue weighted by Crippen LogP contribution is 2.36. The number of benzene rings is 2. The Bertz CT molecular complexity index is 614. The number of nitrogen functional groups attached to an aromatic ring is 1. The fraction of sp³-hybridized carbons (Fsp3) is 0.250. The third-order valence-electron chi connectivity index (χ3n) is 3.04. The molecule has 3 N–H and O–H groups in total. The van der Waals surface area contributed by atoms with Gasteiger partial charge in [0.1, 0.15) is 17.2 Å². The summed E-state index contributed by atoms with van der Waals surface area (Å²) in [7, 11) is 3.24. The van der Waals surface area contributed by atoms with Crippen LogP contribution in [-0.2, 0) is 0 Å². The van der Waals surface area contributed by atoms with Gasteiger partial charge in [-0.05, 0) is 31.2 Å². The van der Waals surface area contributed by atoms with Gasteiger partial charge in [0.2, 0.25) is 0 Å². The molecular weight excluding hydrogens is 268 g/mol. The summed E-state index contributed by atoms with van der Waals surface area (Å²) in [4.78, 5) is 0. The molecule has 0 amide bonds. The molecule has 0 bridgehead atoms. The average molecular weight is 288 g/mol. The molecule has 5 heteroatoms. The molecule has 5 nitrogen and oxygen atoms in total. The molecule has 2 aromatic rings. The lowest BCUT2D eigenvalue weighted by Crippen LogP contribution is -2.02. The maximum absolute atomic E-state index is 6.12. The van der Waals surface area contributed by atoms with E-state index in [1.165, 1.54) is 0 Å². The minimum Gasteiger partial charge on any atom is -0.497 e. The normalized spacial score (nSPS) is 10.0. The van der Waals surface area contributed by atoms with Crippen LogP contribution in [-0.4, -0.2) is 20.8 Å². The first-order valence-corrected chi connectivity index (χ1v) is 6.70. The molecule has 0 saturated carbocycles. The maximum atomic E-state index is 6.12. The lowest BCUT2D eigenvalue weighted by molar-refractivity contribution is 0.342. The van der Waals surface area contributed by atoms with Crippen LogP contribution >= 0.6 is 0 Å². The number of hydrogen-bond donors (Lipinski definition) is 2. The van der Waals surface area contributed by atoms with Crippen molar-refractivity contribution in [3.05, 3.63) is 36.4 Å². The molecule has 0 spiro atoms. The highest BCUT2D eigenvalue weighted by molar-refractivity contribution is 5.79. The summed E-state index contributed by atoms with van der Waals surface area (Å²) >= 11 is 0. The van der Waals surface area contributed by atoms with Crippen molar-refractivity contribution >= 4 is 17.1 Å². The Morgan fingerprint density at radius 3 is 2.48 bits per heavy atom. The van der Waals surface area contributed by atoms with Crippen LogP contribution < -0.4 is 25.3 Å². The number of ether oxygens (including phenoxy) is 3. The van der Waals surface area contributed by atoms with E-state index in [2.05, 4.69) is 5.32 Å². The smallest absolute Gasteiger partial charge is 0.144 e. The topological polar surface area (TPSA) is 65.7 Å². The monoisotopic (exact) mass is 288 g/mol. The first-order valence-electron chi connectivity index (χ1n) is 6.70. The van der Waals surface area contributed by atoms with Crippen molar-refractivity contribution < 1.29 is 14.2 Å². The largest absolute Gasteiger partial charge is 0.497 e. The van der Waals surface area contributed by atoms with Gasteiger partial charge in [-0.3, -0.25) is 0 Å². The summed E-state index contributed by atoms with van der Waals surface area (Å²) in [6.07, 6.45) is 0. The molecule has 2 aromatic carbocycles. The van der Waals surface area contributed by atoms with Crippen LogP contribution in [0, 0.1) is 0 Å². The molecule has 2 rings (SSSR count). The molecule has 0 heterocycles. The molecular formula is C16H20N2O3. The van der Waals surface area contributed by atoms with Gasteiger partial charge in [0.05, 0.1) is 37.9 Å². The summed E-state index contributed by atoms with van der Waals surface area (Å²) in [6, 6.07) is 11.1. The summed E-state index contributed by atoms with van der Waals surface area (Å²) < 4.78 is 16.1. The quantitative estimate of drug-likeness (QED) is 0.797. The summed E-state index contributed by atoms with van der Waals surface area (Å²) in [6.45, 7) is 2.49. The van der Waals surface area contributed by atoms with E-state index >= 15 is 0 Å². The number of para-hydroxylation sites is 1. The Labute approximate surface area is 124 Å². The lowest BCUT2D eigenvalue weighted by Gasteiger charge is -2.16. The summed E-state index contributed by atoms with van der Waals surface area (Å²) in [5.74, 6) is 2.10. The van der Waals surface area contributed by atoms with Crippen LogP contribution in [0.3, 0.4) is 0 Å². The number of nitrogens with one attached hydrogen (secondary N) is 1. The van der Waals surface area contributed by atoms with E-state index in [0.717, 1.165) is 17.1 Å². The van der Waals surface area contributed by atoms with Crippen molar-refractivity contribution in [2.45, 2.75) is 6.92 Å². The van der Waals surface area contributed by atoms with E-state index in [9.17, 15) is 0 Å². The van der Waals surface area contributed by atoms with Crippen LogP contribution in [0.2, 0.25) is 0 Å². The second-order valence-corrected chi connectivity index (χ2v) is 4.34. The zero-order valence-corrected chi connectivity index (χ0v) is 12.5.